The first-order valence-corrected chi connectivity index (χ1v) is 4.38. The van der Waals surface area contributed by atoms with E-state index >= 15 is 0 Å². The normalized spacial score (nSPS) is 25.0. The average molecular weight is 147 g/mol. The van der Waals surface area contributed by atoms with E-state index in [1.807, 2.05) is 13.8 Å². The van der Waals surface area contributed by atoms with Gasteiger partial charge in [-0.3, -0.25) is 0 Å². The minimum atomic E-state index is 0.850. The average Bonchev–Trinajstić information content (AvgIpc) is 2.43. The fraction of sp³-hybridized carbons (Fsp3) is 1.00. The summed E-state index contributed by atoms with van der Waals surface area (Å²) in [4.78, 5) is 0. The highest BCUT2D eigenvalue weighted by atomic mass is 32.1. The van der Waals surface area contributed by atoms with Gasteiger partial charge < -0.3 is 5.32 Å². The van der Waals surface area contributed by atoms with Gasteiger partial charge in [-0.1, -0.05) is 13.8 Å². The second-order valence-electron chi connectivity index (χ2n) is 2.04. The van der Waals surface area contributed by atoms with E-state index < -0.39 is 0 Å². The number of thiol groups is 1. The molecule has 1 aliphatic rings. The zero-order chi connectivity index (χ0) is 7.11. The summed E-state index contributed by atoms with van der Waals surface area (Å²) in [5.41, 5.74) is 0. The van der Waals surface area contributed by atoms with Gasteiger partial charge in [-0.2, -0.15) is 12.6 Å². The van der Waals surface area contributed by atoms with Gasteiger partial charge in [0.1, 0.15) is 0 Å². The number of nitrogens with one attached hydrogen (secondary N) is 1. The monoisotopic (exact) mass is 147 g/mol. The molecule has 9 heavy (non-hydrogen) atoms. The maximum Gasteiger partial charge on any atom is -0.00122 e. The summed E-state index contributed by atoms with van der Waals surface area (Å²) in [5, 5.41) is 3.27. The molecule has 56 valence electrons. The van der Waals surface area contributed by atoms with Crippen molar-refractivity contribution < 1.29 is 0 Å². The Morgan fingerprint density at radius 1 is 1.56 bits per heavy atom. The fourth-order valence-corrected chi connectivity index (χ4v) is 1.18. The third kappa shape index (κ3) is 3.82. The van der Waals surface area contributed by atoms with Crippen LogP contribution in [0.15, 0.2) is 0 Å². The van der Waals surface area contributed by atoms with E-state index in [1.54, 1.807) is 0 Å². The summed E-state index contributed by atoms with van der Waals surface area (Å²) in [6.45, 7) is 6.38. The van der Waals surface area contributed by atoms with Crippen LogP contribution in [-0.4, -0.2) is 18.8 Å². The van der Waals surface area contributed by atoms with Crippen LogP contribution in [-0.2, 0) is 0 Å². The molecule has 0 aromatic carbocycles. The maximum absolute atomic E-state index is 4.18. The standard InChI is InChI=1S/C5H11NS.C2H6/c7-4-5-1-2-6-3-5;1-2/h5-7H,1-4H2;1-2H3. The van der Waals surface area contributed by atoms with E-state index in [2.05, 4.69) is 17.9 Å². The maximum atomic E-state index is 4.18. The molecule has 1 heterocycles. The third-order valence-electron chi connectivity index (χ3n) is 1.42. The van der Waals surface area contributed by atoms with Gasteiger partial charge in [0.05, 0.1) is 0 Å². The van der Waals surface area contributed by atoms with Gasteiger partial charge in [-0.25, -0.2) is 0 Å². The molecule has 0 saturated carbocycles. The predicted octanol–water partition coefficient (Wildman–Crippen LogP) is 1.55. The van der Waals surface area contributed by atoms with Crippen molar-refractivity contribution in [1.82, 2.24) is 5.32 Å². The highest BCUT2D eigenvalue weighted by molar-refractivity contribution is 7.80. The Kier molecular flexibility index (Phi) is 6.65. The Morgan fingerprint density at radius 3 is 2.44 bits per heavy atom. The molecule has 1 saturated heterocycles. The van der Waals surface area contributed by atoms with Crippen molar-refractivity contribution in [3.8, 4) is 0 Å². The smallest absolute Gasteiger partial charge is 0.00122 e. The molecule has 0 aliphatic carbocycles. The molecular weight excluding hydrogens is 130 g/mol. The third-order valence-corrected chi connectivity index (χ3v) is 1.94. The summed E-state index contributed by atoms with van der Waals surface area (Å²) in [7, 11) is 0. The highest BCUT2D eigenvalue weighted by Gasteiger charge is 2.10. The van der Waals surface area contributed by atoms with Crippen LogP contribution in [0.3, 0.4) is 0 Å². The van der Waals surface area contributed by atoms with Gasteiger partial charge in [-0.05, 0) is 31.2 Å². The number of hydrogen-bond donors (Lipinski definition) is 2. The Hall–Kier alpha value is 0.310. The first-order valence-electron chi connectivity index (χ1n) is 3.75. The summed E-state index contributed by atoms with van der Waals surface area (Å²) >= 11 is 4.18. The molecule has 0 amide bonds. The van der Waals surface area contributed by atoms with Crippen LogP contribution in [0.25, 0.3) is 0 Å². The lowest BCUT2D eigenvalue weighted by atomic mass is 10.2. The van der Waals surface area contributed by atoms with Crippen molar-refractivity contribution in [3.63, 3.8) is 0 Å². The van der Waals surface area contributed by atoms with E-state index in [1.165, 1.54) is 19.5 Å². The molecule has 0 aromatic rings. The minimum Gasteiger partial charge on any atom is -0.316 e. The van der Waals surface area contributed by atoms with Crippen LogP contribution in [0.4, 0.5) is 0 Å². The second kappa shape index (κ2) is 6.43. The SMILES string of the molecule is CC.SCC1CCNC1. The fourth-order valence-electron chi connectivity index (χ4n) is 0.870. The summed E-state index contributed by atoms with van der Waals surface area (Å²) in [6, 6.07) is 0. The van der Waals surface area contributed by atoms with Gasteiger partial charge in [0.15, 0.2) is 0 Å². The molecule has 1 N–H and O–H groups in total. The first-order chi connectivity index (χ1) is 4.43. The second-order valence-corrected chi connectivity index (χ2v) is 2.41. The van der Waals surface area contributed by atoms with Crippen LogP contribution in [0.5, 0.6) is 0 Å². The Labute approximate surface area is 63.6 Å². The van der Waals surface area contributed by atoms with Crippen molar-refractivity contribution >= 4 is 12.6 Å². The van der Waals surface area contributed by atoms with E-state index in [0.29, 0.717) is 0 Å². The topological polar surface area (TPSA) is 12.0 Å². The summed E-state index contributed by atoms with van der Waals surface area (Å²) in [5.74, 6) is 1.90. The van der Waals surface area contributed by atoms with Crippen LogP contribution in [0.2, 0.25) is 0 Å². The van der Waals surface area contributed by atoms with E-state index in [-0.39, 0.29) is 0 Å². The molecule has 2 heteroatoms. The molecule has 1 fully saturated rings. The Balaban J connectivity index is 0.000000291. The van der Waals surface area contributed by atoms with E-state index in [9.17, 15) is 0 Å². The Bertz CT molecular complexity index is 50.9. The largest absolute Gasteiger partial charge is 0.316 e. The lowest BCUT2D eigenvalue weighted by molar-refractivity contribution is 0.664. The molecule has 0 radical (unpaired) electrons. The molecule has 1 nitrogen and oxygen atoms in total. The molecular formula is C7H17NS. The van der Waals surface area contributed by atoms with Crippen molar-refractivity contribution in [2.24, 2.45) is 5.92 Å². The molecule has 0 aromatic heterocycles. The zero-order valence-corrected chi connectivity index (χ0v) is 7.25. The van der Waals surface area contributed by atoms with Gasteiger partial charge in [0, 0.05) is 0 Å². The van der Waals surface area contributed by atoms with Gasteiger partial charge in [-0.15, -0.1) is 0 Å². The molecule has 1 unspecified atom stereocenters. The quantitative estimate of drug-likeness (QED) is 0.536. The zero-order valence-electron chi connectivity index (χ0n) is 6.35. The first kappa shape index (κ1) is 9.31. The van der Waals surface area contributed by atoms with Gasteiger partial charge >= 0.3 is 0 Å². The van der Waals surface area contributed by atoms with E-state index in [4.69, 9.17) is 0 Å². The highest BCUT2D eigenvalue weighted by Crippen LogP contribution is 2.07. The van der Waals surface area contributed by atoms with Crippen molar-refractivity contribution in [3.05, 3.63) is 0 Å². The Morgan fingerprint density at radius 2 is 2.22 bits per heavy atom. The van der Waals surface area contributed by atoms with Crippen molar-refractivity contribution in [1.29, 1.82) is 0 Å². The molecule has 1 atom stereocenters. The van der Waals surface area contributed by atoms with Gasteiger partial charge in [0.2, 0.25) is 0 Å². The summed E-state index contributed by atoms with van der Waals surface area (Å²) in [6.07, 6.45) is 1.32. The lowest BCUT2D eigenvalue weighted by Crippen LogP contribution is -2.09. The molecule has 0 bridgehead atoms. The van der Waals surface area contributed by atoms with Crippen LogP contribution >= 0.6 is 12.6 Å². The van der Waals surface area contributed by atoms with Crippen molar-refractivity contribution in [2.45, 2.75) is 20.3 Å². The minimum absolute atomic E-state index is 0.850. The van der Waals surface area contributed by atoms with Gasteiger partial charge in [0.25, 0.3) is 0 Å². The molecule has 1 rings (SSSR count). The molecule has 1 aliphatic heterocycles. The van der Waals surface area contributed by atoms with Crippen LogP contribution in [0, 0.1) is 5.92 Å². The van der Waals surface area contributed by atoms with E-state index in [0.717, 1.165) is 11.7 Å². The number of rotatable bonds is 1. The molecule has 0 spiro atoms. The number of hydrogen-bond acceptors (Lipinski definition) is 2. The van der Waals surface area contributed by atoms with Crippen LogP contribution < -0.4 is 5.32 Å². The predicted molar refractivity (Wildman–Crippen MR) is 46.2 cm³/mol. The lowest BCUT2D eigenvalue weighted by Gasteiger charge is -1.98. The summed E-state index contributed by atoms with van der Waals surface area (Å²) < 4.78 is 0. The van der Waals surface area contributed by atoms with Crippen molar-refractivity contribution in [2.75, 3.05) is 18.8 Å². The van der Waals surface area contributed by atoms with Crippen LogP contribution in [0.1, 0.15) is 20.3 Å².